The Morgan fingerprint density at radius 1 is 1.30 bits per heavy atom. The van der Waals surface area contributed by atoms with Gasteiger partial charge in [-0.25, -0.2) is 4.79 Å². The van der Waals surface area contributed by atoms with Crippen LogP contribution < -0.4 is 0 Å². The highest BCUT2D eigenvalue weighted by molar-refractivity contribution is 5.98. The van der Waals surface area contributed by atoms with Crippen LogP contribution >= 0.6 is 0 Å². The van der Waals surface area contributed by atoms with Crippen LogP contribution in [0.1, 0.15) is 30.9 Å². The topological polar surface area (TPSA) is 53.4 Å². The fourth-order valence-electron chi connectivity index (χ4n) is 2.80. The van der Waals surface area contributed by atoms with Gasteiger partial charge in [-0.2, -0.15) is 13.2 Å². The number of allylic oxidation sites excluding steroid dienone is 2. The van der Waals surface area contributed by atoms with E-state index in [4.69, 9.17) is 5.41 Å². The monoisotopic (exact) mass is 326 g/mol. The number of amides is 1. The van der Waals surface area contributed by atoms with E-state index in [0.717, 1.165) is 6.07 Å². The summed E-state index contributed by atoms with van der Waals surface area (Å²) in [5.41, 5.74) is -0.279. The van der Waals surface area contributed by atoms with Crippen molar-refractivity contribution >= 4 is 11.8 Å². The second-order valence-electron chi connectivity index (χ2n) is 5.34. The molecule has 0 spiro atoms. The van der Waals surface area contributed by atoms with Gasteiger partial charge in [-0.1, -0.05) is 24.3 Å². The molecule has 1 heterocycles. The third-order valence-electron chi connectivity index (χ3n) is 3.93. The minimum atomic E-state index is -4.50. The zero-order valence-electron chi connectivity index (χ0n) is 12.9. The van der Waals surface area contributed by atoms with Crippen LogP contribution in [0, 0.1) is 5.41 Å². The molecular weight excluding hydrogens is 309 g/mol. The summed E-state index contributed by atoms with van der Waals surface area (Å²) >= 11 is 0. The minimum absolute atomic E-state index is 0.0118. The van der Waals surface area contributed by atoms with Crippen LogP contribution in [0.2, 0.25) is 0 Å². The van der Waals surface area contributed by atoms with Gasteiger partial charge in [0.15, 0.2) is 0 Å². The third-order valence-corrected chi connectivity index (χ3v) is 3.93. The molecule has 0 fully saturated rings. The highest BCUT2D eigenvalue weighted by Gasteiger charge is 2.39. The summed E-state index contributed by atoms with van der Waals surface area (Å²) in [4.78, 5) is 13.0. The predicted octanol–water partition coefficient (Wildman–Crippen LogP) is 4.18. The van der Waals surface area contributed by atoms with Gasteiger partial charge >= 0.3 is 12.3 Å². The van der Waals surface area contributed by atoms with Crippen LogP contribution in [0.4, 0.5) is 18.0 Å². The summed E-state index contributed by atoms with van der Waals surface area (Å²) in [6.07, 6.45) is -3.65. The van der Waals surface area contributed by atoms with Gasteiger partial charge < -0.3 is 10.1 Å². The lowest BCUT2D eigenvalue weighted by atomic mass is 9.83. The highest BCUT2D eigenvalue weighted by atomic mass is 19.4. The largest absolute Gasteiger partial charge is 0.452 e. The van der Waals surface area contributed by atoms with Gasteiger partial charge in [0.05, 0.1) is 18.7 Å². The molecule has 1 aliphatic rings. The van der Waals surface area contributed by atoms with E-state index in [-0.39, 0.29) is 11.3 Å². The average molecular weight is 326 g/mol. The zero-order chi connectivity index (χ0) is 17.4. The Morgan fingerprint density at radius 3 is 2.48 bits per heavy atom. The predicted molar refractivity (Wildman–Crippen MR) is 79.4 cm³/mol. The maximum atomic E-state index is 13.2. The number of halogens is 3. The molecule has 0 saturated carbocycles. The van der Waals surface area contributed by atoms with Crippen LogP contribution in [0.15, 0.2) is 36.0 Å². The van der Waals surface area contributed by atoms with Crippen LogP contribution in [0.25, 0.3) is 0 Å². The number of alkyl halides is 3. The molecule has 1 N–H and O–H groups in total. The number of carbonyl (C=O) groups is 1. The van der Waals surface area contributed by atoms with Gasteiger partial charge in [0.2, 0.25) is 0 Å². The molecule has 1 aliphatic heterocycles. The maximum Gasteiger partial charge on any atom is 0.416 e. The molecular formula is C16H17F3N2O2. The third kappa shape index (κ3) is 3.09. The Balaban J connectivity index is 2.53. The number of nitrogens with one attached hydrogen (secondary N) is 1. The molecule has 23 heavy (non-hydrogen) atoms. The minimum Gasteiger partial charge on any atom is -0.452 e. The quantitative estimate of drug-likeness (QED) is 0.841. The molecule has 4 nitrogen and oxygen atoms in total. The van der Waals surface area contributed by atoms with Gasteiger partial charge in [0, 0.05) is 17.3 Å². The fraction of sp³-hybridized carbons (Fsp3) is 0.375. The zero-order valence-corrected chi connectivity index (χ0v) is 12.9. The summed E-state index contributed by atoms with van der Waals surface area (Å²) in [6.45, 7) is 3.21. The van der Waals surface area contributed by atoms with E-state index in [1.54, 1.807) is 13.8 Å². The highest BCUT2D eigenvalue weighted by Crippen LogP contribution is 2.38. The first-order valence-electron chi connectivity index (χ1n) is 6.98. The Labute approximate surface area is 132 Å². The first-order valence-corrected chi connectivity index (χ1v) is 6.98. The van der Waals surface area contributed by atoms with E-state index in [2.05, 4.69) is 4.74 Å². The second kappa shape index (κ2) is 6.06. The Hall–Kier alpha value is -2.31. The van der Waals surface area contributed by atoms with Crippen molar-refractivity contribution in [1.29, 1.82) is 5.41 Å². The van der Waals surface area contributed by atoms with Crippen molar-refractivity contribution in [3.8, 4) is 0 Å². The molecule has 2 rings (SSSR count). The second-order valence-corrected chi connectivity index (χ2v) is 5.34. The standard InChI is InChI=1S/C16H17F3N2O2/c1-9-8-12(14(20)10(2)21(9)15(22)23-3)11-6-4-5-7-13(11)16(17,18)19/h4-8,10,12,20H,1-3H3. The van der Waals surface area contributed by atoms with Crippen molar-refractivity contribution in [2.75, 3.05) is 7.11 Å². The number of hydrogen-bond acceptors (Lipinski definition) is 3. The summed E-state index contributed by atoms with van der Waals surface area (Å²) in [5.74, 6) is -0.830. The van der Waals surface area contributed by atoms with E-state index in [1.165, 1.54) is 36.3 Å². The number of benzene rings is 1. The summed E-state index contributed by atoms with van der Waals surface area (Å²) < 4.78 is 44.3. The average Bonchev–Trinajstić information content (AvgIpc) is 2.50. The van der Waals surface area contributed by atoms with Crippen molar-refractivity contribution in [2.45, 2.75) is 32.0 Å². The number of hydrogen-bond donors (Lipinski definition) is 1. The van der Waals surface area contributed by atoms with Crippen LogP contribution in [-0.4, -0.2) is 29.9 Å². The van der Waals surface area contributed by atoms with Gasteiger partial charge in [0.1, 0.15) is 0 Å². The number of methoxy groups -OCH3 is 1. The maximum absolute atomic E-state index is 13.2. The molecule has 0 saturated heterocycles. The van der Waals surface area contributed by atoms with Gasteiger partial charge in [0.25, 0.3) is 0 Å². The first-order chi connectivity index (χ1) is 10.7. The van der Waals surface area contributed by atoms with E-state index in [1.807, 2.05) is 0 Å². The number of rotatable bonds is 1. The van der Waals surface area contributed by atoms with Crippen molar-refractivity contribution in [3.63, 3.8) is 0 Å². The molecule has 0 radical (unpaired) electrons. The number of ether oxygens (including phenoxy) is 1. The van der Waals surface area contributed by atoms with Crippen LogP contribution in [0.5, 0.6) is 0 Å². The molecule has 2 atom stereocenters. The van der Waals surface area contributed by atoms with Crippen LogP contribution in [0.3, 0.4) is 0 Å². The van der Waals surface area contributed by atoms with Crippen molar-refractivity contribution in [2.24, 2.45) is 0 Å². The van der Waals surface area contributed by atoms with Crippen molar-refractivity contribution < 1.29 is 22.7 Å². The van der Waals surface area contributed by atoms with Gasteiger partial charge in [-0.15, -0.1) is 0 Å². The fourth-order valence-corrected chi connectivity index (χ4v) is 2.80. The van der Waals surface area contributed by atoms with E-state index < -0.39 is 29.8 Å². The lowest BCUT2D eigenvalue weighted by Crippen LogP contribution is -2.46. The molecule has 0 bridgehead atoms. The summed E-state index contributed by atoms with van der Waals surface area (Å²) in [6, 6.07) is 4.52. The lowest BCUT2D eigenvalue weighted by molar-refractivity contribution is -0.138. The molecule has 124 valence electrons. The smallest absolute Gasteiger partial charge is 0.416 e. The van der Waals surface area contributed by atoms with E-state index in [9.17, 15) is 18.0 Å². The van der Waals surface area contributed by atoms with Gasteiger partial charge in [-0.3, -0.25) is 4.90 Å². The number of carbonyl (C=O) groups excluding carboxylic acids is 1. The molecule has 1 aromatic rings. The molecule has 7 heteroatoms. The molecule has 1 amide bonds. The summed E-state index contributed by atoms with van der Waals surface area (Å²) in [7, 11) is 1.22. The normalized spacial score (nSPS) is 21.9. The Bertz CT molecular complexity index is 668. The molecule has 0 aromatic heterocycles. The molecule has 2 unspecified atom stereocenters. The van der Waals surface area contributed by atoms with Crippen molar-refractivity contribution in [3.05, 3.63) is 47.2 Å². The van der Waals surface area contributed by atoms with Crippen LogP contribution in [-0.2, 0) is 10.9 Å². The van der Waals surface area contributed by atoms with E-state index >= 15 is 0 Å². The van der Waals surface area contributed by atoms with Gasteiger partial charge in [-0.05, 0) is 25.5 Å². The SMILES string of the molecule is COC(=O)N1C(C)=CC(c2ccccc2C(F)(F)F)C(=N)C1C. The number of nitrogens with zero attached hydrogens (tertiary/aromatic N) is 1. The Morgan fingerprint density at radius 2 is 1.91 bits per heavy atom. The lowest BCUT2D eigenvalue weighted by Gasteiger charge is -2.36. The van der Waals surface area contributed by atoms with Crippen molar-refractivity contribution in [1.82, 2.24) is 4.90 Å². The Kier molecular flexibility index (Phi) is 4.49. The summed E-state index contributed by atoms with van der Waals surface area (Å²) in [5, 5.41) is 8.22. The first kappa shape index (κ1) is 17.1. The molecule has 0 aliphatic carbocycles. The molecule has 1 aromatic carbocycles. The van der Waals surface area contributed by atoms with E-state index in [0.29, 0.717) is 5.70 Å².